The van der Waals surface area contributed by atoms with Crippen LogP contribution in [-0.4, -0.2) is 31.7 Å². The predicted octanol–water partition coefficient (Wildman–Crippen LogP) is 5.02. The first-order valence-electron chi connectivity index (χ1n) is 10.4. The van der Waals surface area contributed by atoms with Gasteiger partial charge in [-0.15, -0.1) is 0 Å². The molecule has 0 spiro atoms. The van der Waals surface area contributed by atoms with Gasteiger partial charge in [0.25, 0.3) is 5.91 Å². The summed E-state index contributed by atoms with van der Waals surface area (Å²) in [5.41, 5.74) is 2.20. The van der Waals surface area contributed by atoms with E-state index in [0.717, 1.165) is 43.4 Å². The van der Waals surface area contributed by atoms with Crippen molar-refractivity contribution in [1.82, 2.24) is 4.31 Å². The van der Waals surface area contributed by atoms with Gasteiger partial charge in [-0.3, -0.25) is 4.79 Å². The van der Waals surface area contributed by atoms with Crippen molar-refractivity contribution in [3.63, 3.8) is 0 Å². The predicted molar refractivity (Wildman–Crippen MR) is 117 cm³/mol. The third kappa shape index (κ3) is 5.06. The van der Waals surface area contributed by atoms with Crippen molar-refractivity contribution in [1.29, 1.82) is 0 Å². The van der Waals surface area contributed by atoms with Gasteiger partial charge in [0.2, 0.25) is 10.0 Å². The van der Waals surface area contributed by atoms with Gasteiger partial charge in [0.15, 0.2) is 0 Å². The highest BCUT2D eigenvalue weighted by Crippen LogP contribution is 2.27. The Morgan fingerprint density at radius 3 is 2.41 bits per heavy atom. The zero-order valence-electron chi connectivity index (χ0n) is 17.2. The van der Waals surface area contributed by atoms with Crippen LogP contribution in [0.15, 0.2) is 53.4 Å². The van der Waals surface area contributed by atoms with Gasteiger partial charge in [0.1, 0.15) is 0 Å². The van der Waals surface area contributed by atoms with Crippen molar-refractivity contribution in [3.05, 3.63) is 59.7 Å². The second kappa shape index (κ2) is 9.55. The van der Waals surface area contributed by atoms with Crippen LogP contribution in [0.25, 0.3) is 0 Å². The van der Waals surface area contributed by atoms with Crippen LogP contribution in [0.4, 0.5) is 5.69 Å². The molecule has 156 valence electrons. The molecule has 1 amide bonds. The largest absolute Gasteiger partial charge is 0.322 e. The van der Waals surface area contributed by atoms with E-state index in [2.05, 4.69) is 19.2 Å². The van der Waals surface area contributed by atoms with Gasteiger partial charge in [-0.05, 0) is 55.0 Å². The average Bonchev–Trinajstić information content (AvgIpc) is 3.04. The van der Waals surface area contributed by atoms with Crippen LogP contribution >= 0.6 is 0 Å². The fourth-order valence-electron chi connectivity index (χ4n) is 3.68. The number of hydrogen-bond acceptors (Lipinski definition) is 3. The van der Waals surface area contributed by atoms with Crippen molar-refractivity contribution in [2.45, 2.75) is 56.8 Å². The molecule has 1 unspecified atom stereocenters. The van der Waals surface area contributed by atoms with Crippen molar-refractivity contribution in [3.8, 4) is 0 Å². The number of rotatable bonds is 6. The molecule has 1 N–H and O–H groups in total. The zero-order chi connectivity index (χ0) is 20.9. The van der Waals surface area contributed by atoms with Gasteiger partial charge in [-0.25, -0.2) is 8.42 Å². The molecule has 0 aliphatic carbocycles. The molecule has 1 aliphatic heterocycles. The van der Waals surface area contributed by atoms with Crippen molar-refractivity contribution in [2.75, 3.05) is 18.4 Å². The first kappa shape index (κ1) is 21.5. The molecule has 1 saturated heterocycles. The maximum absolute atomic E-state index is 13.0. The second-order valence-corrected chi connectivity index (χ2v) is 9.63. The van der Waals surface area contributed by atoms with Gasteiger partial charge >= 0.3 is 0 Å². The van der Waals surface area contributed by atoms with E-state index in [-0.39, 0.29) is 10.8 Å². The van der Waals surface area contributed by atoms with E-state index in [9.17, 15) is 13.2 Å². The Hall–Kier alpha value is -2.18. The van der Waals surface area contributed by atoms with Crippen molar-refractivity contribution < 1.29 is 13.2 Å². The molecule has 6 heteroatoms. The molecular formula is C23H30N2O3S. The van der Waals surface area contributed by atoms with E-state index in [1.807, 2.05) is 24.3 Å². The molecule has 0 bridgehead atoms. The second-order valence-electron chi connectivity index (χ2n) is 7.70. The van der Waals surface area contributed by atoms with Crippen LogP contribution in [0.3, 0.4) is 0 Å². The number of anilines is 1. The summed E-state index contributed by atoms with van der Waals surface area (Å²) in [6.07, 6.45) is 4.85. The van der Waals surface area contributed by atoms with Crippen LogP contribution in [-0.2, 0) is 10.0 Å². The minimum Gasteiger partial charge on any atom is -0.322 e. The number of benzene rings is 2. The van der Waals surface area contributed by atoms with E-state index < -0.39 is 10.0 Å². The fourth-order valence-corrected chi connectivity index (χ4v) is 5.25. The van der Waals surface area contributed by atoms with Gasteiger partial charge in [0, 0.05) is 24.3 Å². The molecule has 0 radical (unpaired) electrons. The molecule has 3 rings (SSSR count). The lowest BCUT2D eigenvalue weighted by Crippen LogP contribution is -2.32. The van der Waals surface area contributed by atoms with E-state index >= 15 is 0 Å². The maximum Gasteiger partial charge on any atom is 0.255 e. The van der Waals surface area contributed by atoms with Gasteiger partial charge in [0.05, 0.1) is 4.90 Å². The zero-order valence-corrected chi connectivity index (χ0v) is 18.0. The highest BCUT2D eigenvalue weighted by Gasteiger charge is 2.26. The first-order valence-corrected chi connectivity index (χ1v) is 11.9. The number of nitrogens with zero attached hydrogens (tertiary/aromatic N) is 1. The van der Waals surface area contributed by atoms with E-state index in [1.54, 1.807) is 22.5 Å². The lowest BCUT2D eigenvalue weighted by molar-refractivity contribution is 0.102. The fraction of sp³-hybridized carbons (Fsp3) is 0.435. The summed E-state index contributed by atoms with van der Waals surface area (Å²) in [5, 5.41) is 2.96. The minimum atomic E-state index is -3.59. The number of carbonyl (C=O) groups is 1. The highest BCUT2D eigenvalue weighted by molar-refractivity contribution is 7.89. The normalized spacial score (nSPS) is 16.8. The average molecular weight is 415 g/mol. The van der Waals surface area contributed by atoms with E-state index in [0.29, 0.717) is 24.6 Å². The Balaban J connectivity index is 1.83. The number of sulfonamides is 1. The topological polar surface area (TPSA) is 66.5 Å². The lowest BCUT2D eigenvalue weighted by Gasteiger charge is -2.20. The van der Waals surface area contributed by atoms with Gasteiger partial charge < -0.3 is 5.32 Å². The van der Waals surface area contributed by atoms with Gasteiger partial charge in [-0.2, -0.15) is 4.31 Å². The molecule has 1 heterocycles. The summed E-state index contributed by atoms with van der Waals surface area (Å²) in [7, 11) is -3.59. The summed E-state index contributed by atoms with van der Waals surface area (Å²) in [5.74, 6) is 0.0231. The summed E-state index contributed by atoms with van der Waals surface area (Å²) in [6.45, 7) is 5.32. The standard InChI is InChI=1S/C23H30N2O3S/c1-3-18(2)21-13-6-7-14-22(21)24-23(26)19-11-10-12-20(17-19)29(27,28)25-15-8-4-5-9-16-25/h6-7,10-14,17-18H,3-5,8-9,15-16H2,1-2H3,(H,24,26). The summed E-state index contributed by atoms with van der Waals surface area (Å²) in [6, 6.07) is 14.1. The summed E-state index contributed by atoms with van der Waals surface area (Å²) < 4.78 is 27.7. The van der Waals surface area contributed by atoms with Crippen LogP contribution in [0.2, 0.25) is 0 Å². The van der Waals surface area contributed by atoms with Crippen molar-refractivity contribution in [2.24, 2.45) is 0 Å². The summed E-state index contributed by atoms with van der Waals surface area (Å²) >= 11 is 0. The van der Waals surface area contributed by atoms with Crippen LogP contribution in [0.5, 0.6) is 0 Å². The molecule has 0 saturated carbocycles. The molecular weight excluding hydrogens is 384 g/mol. The molecule has 2 aromatic carbocycles. The van der Waals surface area contributed by atoms with Crippen molar-refractivity contribution >= 4 is 21.6 Å². The number of amides is 1. The third-order valence-corrected chi connectivity index (χ3v) is 7.55. The number of nitrogens with one attached hydrogen (secondary N) is 1. The SMILES string of the molecule is CCC(C)c1ccccc1NC(=O)c1cccc(S(=O)(=O)N2CCCCCC2)c1. The Morgan fingerprint density at radius 1 is 1.03 bits per heavy atom. The lowest BCUT2D eigenvalue weighted by atomic mass is 9.97. The third-order valence-electron chi connectivity index (χ3n) is 5.65. The molecule has 2 aromatic rings. The first-order chi connectivity index (χ1) is 13.9. The monoisotopic (exact) mass is 414 g/mol. The number of para-hydroxylation sites is 1. The Kier molecular flexibility index (Phi) is 7.09. The van der Waals surface area contributed by atoms with E-state index in [4.69, 9.17) is 0 Å². The molecule has 5 nitrogen and oxygen atoms in total. The Labute approximate surface area is 174 Å². The van der Waals surface area contributed by atoms with Gasteiger partial charge in [-0.1, -0.05) is 51.0 Å². The Bertz CT molecular complexity index is 948. The van der Waals surface area contributed by atoms with Crippen LogP contribution < -0.4 is 5.32 Å². The maximum atomic E-state index is 13.0. The molecule has 1 fully saturated rings. The molecule has 1 atom stereocenters. The smallest absolute Gasteiger partial charge is 0.255 e. The molecule has 29 heavy (non-hydrogen) atoms. The number of hydrogen-bond donors (Lipinski definition) is 1. The Morgan fingerprint density at radius 2 is 1.72 bits per heavy atom. The minimum absolute atomic E-state index is 0.183. The highest BCUT2D eigenvalue weighted by atomic mass is 32.2. The van der Waals surface area contributed by atoms with Crippen LogP contribution in [0.1, 0.15) is 67.8 Å². The summed E-state index contributed by atoms with van der Waals surface area (Å²) in [4.78, 5) is 13.1. The molecule has 1 aliphatic rings. The molecule has 0 aromatic heterocycles. The number of carbonyl (C=O) groups excluding carboxylic acids is 1. The van der Waals surface area contributed by atoms with Crippen LogP contribution in [0, 0.1) is 0 Å². The van der Waals surface area contributed by atoms with E-state index in [1.165, 1.54) is 6.07 Å². The quantitative estimate of drug-likeness (QED) is 0.722.